The third-order valence-corrected chi connectivity index (χ3v) is 5.19. The summed E-state index contributed by atoms with van der Waals surface area (Å²) in [5.74, 6) is -0.728. The third kappa shape index (κ3) is 4.03. The van der Waals surface area contributed by atoms with Gasteiger partial charge in [-0.05, 0) is 42.0 Å². The van der Waals surface area contributed by atoms with Gasteiger partial charge in [-0.3, -0.25) is 9.59 Å². The van der Waals surface area contributed by atoms with Gasteiger partial charge >= 0.3 is 0 Å². The minimum absolute atomic E-state index is 0.0631. The van der Waals surface area contributed by atoms with Crippen LogP contribution < -0.4 is 0 Å². The van der Waals surface area contributed by atoms with Gasteiger partial charge in [-0.1, -0.05) is 12.1 Å². The van der Waals surface area contributed by atoms with E-state index in [1.54, 1.807) is 29.4 Å². The minimum Gasteiger partial charge on any atom is -0.508 e. The van der Waals surface area contributed by atoms with Crippen molar-refractivity contribution in [3.63, 3.8) is 0 Å². The summed E-state index contributed by atoms with van der Waals surface area (Å²) in [5.41, 5.74) is 2.98. The number of fused-ring (bicyclic) bond motifs is 1. The Morgan fingerprint density at radius 1 is 1.17 bits per heavy atom. The molecule has 0 aliphatic carbocycles. The van der Waals surface area contributed by atoms with Crippen molar-refractivity contribution < 1.29 is 19.1 Å². The van der Waals surface area contributed by atoms with Crippen LogP contribution in [-0.2, 0) is 11.3 Å². The molecular weight excluding hydrogens is 373 g/mol. The van der Waals surface area contributed by atoms with Gasteiger partial charge in [0.05, 0.1) is 24.3 Å². The van der Waals surface area contributed by atoms with E-state index in [0.717, 1.165) is 17.0 Å². The minimum atomic E-state index is -0.403. The number of carbonyl (C=O) groups excluding carboxylic acids is 2. The van der Waals surface area contributed by atoms with E-state index in [9.17, 15) is 19.1 Å². The Hall–Kier alpha value is -3.48. The van der Waals surface area contributed by atoms with E-state index >= 15 is 0 Å². The number of H-pyrrole nitrogens is 1. The van der Waals surface area contributed by atoms with E-state index in [1.807, 2.05) is 6.07 Å². The number of benzene rings is 2. The number of aromatic nitrogens is 2. The molecule has 2 N–H and O–H groups in total. The third-order valence-electron chi connectivity index (χ3n) is 5.19. The summed E-state index contributed by atoms with van der Waals surface area (Å²) < 4.78 is 13.0. The van der Waals surface area contributed by atoms with Crippen molar-refractivity contribution in [2.75, 3.05) is 6.54 Å². The zero-order chi connectivity index (χ0) is 20.4. The number of hydrogen-bond acceptors (Lipinski definition) is 4. The van der Waals surface area contributed by atoms with Crippen LogP contribution in [0.4, 0.5) is 4.39 Å². The first-order chi connectivity index (χ1) is 14.0. The number of aromatic hydroxyl groups is 1. The molecule has 0 saturated carbocycles. The molecule has 1 unspecified atom stereocenters. The average molecular weight is 393 g/mol. The van der Waals surface area contributed by atoms with Gasteiger partial charge in [0.2, 0.25) is 5.91 Å². The highest BCUT2D eigenvalue weighted by Gasteiger charge is 2.31. The second-order valence-corrected chi connectivity index (χ2v) is 7.12. The van der Waals surface area contributed by atoms with Gasteiger partial charge in [0.1, 0.15) is 11.6 Å². The second kappa shape index (κ2) is 7.87. The lowest BCUT2D eigenvalue weighted by atomic mass is 9.90. The molecule has 2 aromatic carbocycles. The summed E-state index contributed by atoms with van der Waals surface area (Å²) in [6.45, 7) is 0.819. The standard InChI is InChI=1S/C22H20FN3O3/c23-16-6-4-14(5-7-16)20(28)8-9-21(29)26-11-18(15-2-1-3-17(27)10-15)22-19(12-26)24-13-25-22/h1-7,10,13,18,27H,8-9,11-12H2,(H,24,25). The Bertz CT molecular complexity index is 1050. The van der Waals surface area contributed by atoms with Gasteiger partial charge in [0.25, 0.3) is 0 Å². The lowest BCUT2D eigenvalue weighted by Crippen LogP contribution is -2.38. The topological polar surface area (TPSA) is 86.3 Å². The van der Waals surface area contributed by atoms with Crippen molar-refractivity contribution >= 4 is 11.7 Å². The molecule has 0 bridgehead atoms. The first-order valence-corrected chi connectivity index (χ1v) is 9.39. The largest absolute Gasteiger partial charge is 0.508 e. The predicted octanol–water partition coefficient (Wildman–Crippen LogP) is 3.39. The van der Waals surface area contributed by atoms with Crippen LogP contribution in [0.5, 0.6) is 5.75 Å². The van der Waals surface area contributed by atoms with Gasteiger partial charge in [0.15, 0.2) is 5.78 Å². The Labute approximate surface area is 167 Å². The lowest BCUT2D eigenvalue weighted by molar-refractivity contribution is -0.132. The maximum absolute atomic E-state index is 13.0. The number of nitrogens with one attached hydrogen (secondary N) is 1. The number of carbonyl (C=O) groups is 2. The molecule has 2 heterocycles. The lowest BCUT2D eigenvalue weighted by Gasteiger charge is -2.32. The molecule has 29 heavy (non-hydrogen) atoms. The Balaban J connectivity index is 1.46. The van der Waals surface area contributed by atoms with Crippen LogP contribution in [0.3, 0.4) is 0 Å². The number of rotatable bonds is 5. The molecule has 148 valence electrons. The maximum Gasteiger partial charge on any atom is 0.223 e. The van der Waals surface area contributed by atoms with Gasteiger partial charge < -0.3 is 15.0 Å². The highest BCUT2D eigenvalue weighted by Crippen LogP contribution is 2.33. The molecule has 1 atom stereocenters. The molecule has 0 spiro atoms. The molecule has 3 aromatic rings. The summed E-state index contributed by atoms with van der Waals surface area (Å²) >= 11 is 0. The van der Waals surface area contributed by atoms with E-state index in [-0.39, 0.29) is 36.2 Å². The van der Waals surface area contributed by atoms with Gasteiger partial charge in [-0.25, -0.2) is 9.37 Å². The predicted molar refractivity (Wildman–Crippen MR) is 104 cm³/mol. The zero-order valence-electron chi connectivity index (χ0n) is 15.6. The molecule has 7 heteroatoms. The summed E-state index contributed by atoms with van der Waals surface area (Å²) in [7, 11) is 0. The number of amides is 1. The molecule has 1 aromatic heterocycles. The first-order valence-electron chi connectivity index (χ1n) is 9.39. The van der Waals surface area contributed by atoms with Crippen LogP contribution >= 0.6 is 0 Å². The van der Waals surface area contributed by atoms with Crippen LogP contribution in [0.1, 0.15) is 46.1 Å². The summed E-state index contributed by atoms with van der Waals surface area (Å²) in [5, 5.41) is 9.82. The number of Topliss-reactive ketones (excluding diaryl/α,β-unsaturated/α-hetero) is 1. The molecule has 1 aliphatic rings. The second-order valence-electron chi connectivity index (χ2n) is 7.12. The van der Waals surface area contributed by atoms with Crippen LogP contribution in [0.15, 0.2) is 54.9 Å². The molecule has 1 amide bonds. The van der Waals surface area contributed by atoms with Crippen LogP contribution in [-0.4, -0.2) is 38.2 Å². The van der Waals surface area contributed by atoms with Crippen molar-refractivity contribution in [1.82, 2.24) is 14.9 Å². The Kier molecular flexibility index (Phi) is 5.12. The van der Waals surface area contributed by atoms with E-state index in [4.69, 9.17) is 0 Å². The van der Waals surface area contributed by atoms with Gasteiger partial charge in [-0.2, -0.15) is 0 Å². The molecule has 0 saturated heterocycles. The van der Waals surface area contributed by atoms with Crippen LogP contribution in [0.25, 0.3) is 0 Å². The molecule has 4 rings (SSSR count). The first kappa shape index (κ1) is 18.9. The van der Waals surface area contributed by atoms with E-state index in [2.05, 4.69) is 9.97 Å². The van der Waals surface area contributed by atoms with E-state index in [1.165, 1.54) is 24.3 Å². The Morgan fingerprint density at radius 3 is 2.72 bits per heavy atom. The highest BCUT2D eigenvalue weighted by atomic mass is 19.1. The summed E-state index contributed by atoms with van der Waals surface area (Å²) in [6, 6.07) is 12.3. The van der Waals surface area contributed by atoms with Crippen LogP contribution in [0.2, 0.25) is 0 Å². The molecule has 6 nitrogen and oxygen atoms in total. The summed E-state index contributed by atoms with van der Waals surface area (Å²) in [4.78, 5) is 34.3. The van der Waals surface area contributed by atoms with E-state index < -0.39 is 5.82 Å². The number of hydrogen-bond donors (Lipinski definition) is 2. The number of imidazole rings is 1. The molecular formula is C22H20FN3O3. The highest BCUT2D eigenvalue weighted by molar-refractivity contribution is 5.97. The van der Waals surface area contributed by atoms with Crippen molar-refractivity contribution in [2.45, 2.75) is 25.3 Å². The number of ketones is 1. The maximum atomic E-state index is 13.0. The molecule has 0 radical (unpaired) electrons. The van der Waals surface area contributed by atoms with Gasteiger partial charge in [0, 0.05) is 30.9 Å². The smallest absolute Gasteiger partial charge is 0.223 e. The number of phenols is 1. The Morgan fingerprint density at radius 2 is 1.97 bits per heavy atom. The van der Waals surface area contributed by atoms with Crippen molar-refractivity contribution in [2.24, 2.45) is 0 Å². The SMILES string of the molecule is O=C(CCC(=O)N1Cc2[nH]cnc2C(c2cccc(O)c2)C1)c1ccc(F)cc1. The van der Waals surface area contributed by atoms with Crippen molar-refractivity contribution in [3.8, 4) is 5.75 Å². The zero-order valence-corrected chi connectivity index (χ0v) is 15.6. The van der Waals surface area contributed by atoms with Gasteiger partial charge in [-0.15, -0.1) is 0 Å². The monoisotopic (exact) mass is 393 g/mol. The van der Waals surface area contributed by atoms with Crippen molar-refractivity contribution in [3.05, 3.63) is 83.2 Å². The molecule has 1 aliphatic heterocycles. The normalized spacial score (nSPS) is 15.8. The number of phenolic OH excluding ortho intramolecular Hbond substituents is 1. The quantitative estimate of drug-likeness (QED) is 0.651. The molecule has 0 fully saturated rings. The number of aromatic amines is 1. The van der Waals surface area contributed by atoms with E-state index in [0.29, 0.717) is 18.7 Å². The fraction of sp³-hybridized carbons (Fsp3) is 0.227. The number of nitrogens with zero attached hydrogens (tertiary/aromatic N) is 2. The fourth-order valence-electron chi connectivity index (χ4n) is 3.67. The van der Waals surface area contributed by atoms with Crippen LogP contribution in [0, 0.1) is 5.82 Å². The fourth-order valence-corrected chi connectivity index (χ4v) is 3.67. The average Bonchev–Trinajstić information content (AvgIpc) is 3.20. The summed E-state index contributed by atoms with van der Waals surface area (Å²) in [6.07, 6.45) is 1.74. The number of halogens is 1. The van der Waals surface area contributed by atoms with Crippen molar-refractivity contribution in [1.29, 1.82) is 0 Å².